The second-order valence-corrected chi connectivity index (χ2v) is 26.3. The van der Waals surface area contributed by atoms with Crippen LogP contribution in [0.5, 0.6) is 0 Å². The van der Waals surface area contributed by atoms with Crippen molar-refractivity contribution in [2.24, 2.45) is 23.5 Å². The maximum Gasteiger partial charge on any atom is 0.246 e. The van der Waals surface area contributed by atoms with Gasteiger partial charge in [0.2, 0.25) is 53.2 Å². The fourth-order valence-electron chi connectivity index (χ4n) is 11.0. The molecule has 3 aliphatic rings. The number of aromatic nitrogens is 2. The summed E-state index contributed by atoms with van der Waals surface area (Å²) in [4.78, 5) is 138. The van der Waals surface area contributed by atoms with Gasteiger partial charge < -0.3 is 62.7 Å². The van der Waals surface area contributed by atoms with Crippen molar-refractivity contribution in [2.75, 3.05) is 31.3 Å². The van der Waals surface area contributed by atoms with Gasteiger partial charge in [-0.05, 0) is 78.5 Å². The van der Waals surface area contributed by atoms with Gasteiger partial charge >= 0.3 is 0 Å². The number of hydrogen-bond donors (Lipinski definition) is 10. The molecule has 87 heavy (non-hydrogen) atoms. The number of aromatic amines is 1. The molecule has 7 rings (SSSR count). The summed E-state index contributed by atoms with van der Waals surface area (Å²) in [5.74, 6) is -5.91. The van der Waals surface area contributed by atoms with Crippen LogP contribution in [-0.4, -0.2) is 158 Å². The molecule has 25 heteroatoms. The number of aryl methyl sites for hydroxylation is 1. The predicted molar refractivity (Wildman–Crippen MR) is 335 cm³/mol. The Morgan fingerprint density at radius 2 is 1.54 bits per heavy atom. The highest BCUT2D eigenvalue weighted by atomic mass is 35.5. The van der Waals surface area contributed by atoms with E-state index in [0.29, 0.717) is 40.6 Å². The van der Waals surface area contributed by atoms with Gasteiger partial charge in [0.1, 0.15) is 47.8 Å². The van der Waals surface area contributed by atoms with Crippen LogP contribution in [0.2, 0.25) is 5.02 Å². The van der Waals surface area contributed by atoms with Crippen molar-refractivity contribution in [2.45, 2.75) is 165 Å². The maximum absolute atomic E-state index is 15.0. The Hall–Kier alpha value is -6.73. The highest BCUT2D eigenvalue weighted by Gasteiger charge is 2.46. The van der Waals surface area contributed by atoms with E-state index in [0.717, 1.165) is 16.5 Å². The number of H-pyrrole nitrogens is 1. The molecule has 9 amide bonds. The number of aliphatic hydroxyl groups excluding tert-OH is 1. The number of likely N-dealkylation sites (tertiary alicyclic amines) is 1. The third kappa shape index (κ3) is 19.1. The quantitative estimate of drug-likeness (QED) is 0.0679. The number of pyridine rings is 1. The SMILES string of the molecule is CC[C@H](C)[C@@H]1NC(=O)[C@H](CC(C)C)NC(=O)C2(CCOCC2)NC(=O)[C@@H](NC(=O)[C@@H](CC(C)C)NC(=O)[C@H](Cc2ccccc2)NC(=O)[C@@H]2C[C@@H](O)CN2C(=O)CCc2c[nH]c3ccc(Cl)cc23)CSCc2cccc(n2)CSC[C@@H](C(N)=O)NC1=O. The van der Waals surface area contributed by atoms with Crippen LogP contribution in [0.4, 0.5) is 0 Å². The lowest BCUT2D eigenvalue weighted by Crippen LogP contribution is -2.67. The van der Waals surface area contributed by atoms with Gasteiger partial charge in [-0.25, -0.2) is 0 Å². The van der Waals surface area contributed by atoms with Gasteiger partial charge in [-0.2, -0.15) is 23.5 Å². The molecule has 0 aliphatic carbocycles. The van der Waals surface area contributed by atoms with Crippen molar-refractivity contribution < 1.29 is 53.0 Å². The number of fused-ring (bicyclic) bond motifs is 3. The lowest BCUT2D eigenvalue weighted by molar-refractivity contribution is -0.141. The number of ether oxygens (including phenoxy) is 1. The summed E-state index contributed by atoms with van der Waals surface area (Å²) in [7, 11) is 0. The summed E-state index contributed by atoms with van der Waals surface area (Å²) in [6, 6.07) is 11.5. The summed E-state index contributed by atoms with van der Waals surface area (Å²) in [6.45, 7) is 11.2. The van der Waals surface area contributed by atoms with E-state index in [4.69, 9.17) is 27.1 Å². The van der Waals surface area contributed by atoms with E-state index in [1.807, 2.05) is 77.2 Å². The molecule has 2 aromatic heterocycles. The van der Waals surface area contributed by atoms with Crippen molar-refractivity contribution in [1.29, 1.82) is 0 Å². The molecule has 9 atom stereocenters. The molecule has 4 aromatic rings. The molecule has 1 spiro atoms. The Morgan fingerprint density at radius 3 is 2.21 bits per heavy atom. The summed E-state index contributed by atoms with van der Waals surface area (Å²) < 4.78 is 5.71. The number of amides is 9. The first-order valence-electron chi connectivity index (χ1n) is 29.9. The minimum Gasteiger partial charge on any atom is -0.391 e. The molecule has 0 unspecified atom stereocenters. The Labute approximate surface area is 521 Å². The number of aliphatic hydroxyl groups is 1. The highest BCUT2D eigenvalue weighted by molar-refractivity contribution is 7.98. The van der Waals surface area contributed by atoms with E-state index in [1.54, 1.807) is 37.3 Å². The lowest BCUT2D eigenvalue weighted by atomic mass is 9.87. The van der Waals surface area contributed by atoms with Gasteiger partial charge in [-0.3, -0.25) is 48.1 Å². The molecule has 2 saturated heterocycles. The Kier molecular flexibility index (Phi) is 24.9. The van der Waals surface area contributed by atoms with E-state index >= 15 is 4.79 Å². The second-order valence-electron chi connectivity index (χ2n) is 23.8. The van der Waals surface area contributed by atoms with Crippen LogP contribution in [0.15, 0.2) is 72.9 Å². The van der Waals surface area contributed by atoms with Crippen molar-refractivity contribution in [1.82, 2.24) is 52.1 Å². The zero-order chi connectivity index (χ0) is 63.0. The summed E-state index contributed by atoms with van der Waals surface area (Å²) >= 11 is 8.89. The van der Waals surface area contributed by atoms with Gasteiger partial charge in [0.05, 0.1) is 17.5 Å². The average Bonchev–Trinajstić information content (AvgIpc) is 2.74. The number of halogens is 1. The van der Waals surface area contributed by atoms with E-state index in [2.05, 4.69) is 42.2 Å². The van der Waals surface area contributed by atoms with Gasteiger partial charge in [-0.1, -0.05) is 96.0 Å². The van der Waals surface area contributed by atoms with E-state index in [-0.39, 0.29) is 99.7 Å². The molecule has 0 radical (unpaired) electrons. The minimum absolute atomic E-state index is 0.00253. The molecule has 22 nitrogen and oxygen atoms in total. The van der Waals surface area contributed by atoms with Gasteiger partial charge in [0, 0.05) is 97.0 Å². The standard InChI is InChI=1S/C62H84ClN11O11S2/c1-7-37(6)53-60(83)69-49(54(64)77)33-86-31-41-14-11-15-42(66-41)32-87-34-50(58(81)73-62(20-22-85-23-21-62)61(84)71-47(25-36(4)5)57(80)72-53)70-55(78)46(24-35(2)3)67-56(79)48(26-38-12-9-8-10-13-38)68-59(82)51-28-43(75)30-74(51)52(76)19-16-39-29-65-45-18-17-40(63)27-44(39)45/h8-15,17-18,27,29,35-37,43,46-51,53,65,75H,7,16,19-26,28,30-34H2,1-6H3,(H2,64,77)(H,67,79)(H,68,82)(H,69,83)(H,70,78)(H,71,84)(H,72,80)(H,73,81)/t37-,43+,46+,47-,48-,49-,50-,51-,53-/m0/s1. The summed E-state index contributed by atoms with van der Waals surface area (Å²) in [5.41, 5.74) is 7.87. The van der Waals surface area contributed by atoms with Crippen LogP contribution < -0.4 is 43.0 Å². The first-order chi connectivity index (χ1) is 41.5. The number of thioether (sulfide) groups is 2. The minimum atomic E-state index is -1.64. The number of primary amides is 1. The first kappa shape index (κ1) is 67.8. The monoisotopic (exact) mass is 1260 g/mol. The van der Waals surface area contributed by atoms with Crippen LogP contribution in [0.3, 0.4) is 0 Å². The Bertz CT molecular complexity index is 3070. The molecule has 2 bridgehead atoms. The number of nitrogens with one attached hydrogen (secondary N) is 8. The van der Waals surface area contributed by atoms with Gasteiger partial charge in [0.15, 0.2) is 0 Å². The molecule has 2 fully saturated rings. The molecular formula is C62H84ClN11O11S2. The Balaban J connectivity index is 1.14. The fraction of sp³-hybridized carbons (Fsp3) is 0.548. The second kappa shape index (κ2) is 32.0. The summed E-state index contributed by atoms with van der Waals surface area (Å²) in [5, 5.41) is 32.4. The van der Waals surface area contributed by atoms with Crippen molar-refractivity contribution in [3.05, 3.63) is 100 Å². The molecular weight excluding hydrogens is 1170 g/mol. The molecule has 3 aliphatic heterocycles. The zero-order valence-corrected chi connectivity index (χ0v) is 52.7. The lowest BCUT2D eigenvalue weighted by Gasteiger charge is -2.39. The highest BCUT2D eigenvalue weighted by Crippen LogP contribution is 2.27. The van der Waals surface area contributed by atoms with Crippen LogP contribution in [-0.2, 0) is 72.2 Å². The molecule has 472 valence electrons. The van der Waals surface area contributed by atoms with Crippen LogP contribution in [0.25, 0.3) is 10.9 Å². The number of nitrogens with two attached hydrogens (primary N) is 1. The molecule has 0 saturated carbocycles. The first-order valence-corrected chi connectivity index (χ1v) is 32.6. The number of carbonyl (C=O) groups excluding carboxylic acids is 9. The smallest absolute Gasteiger partial charge is 0.246 e. The topological polar surface area (TPSA) is 325 Å². The fourth-order valence-corrected chi connectivity index (χ4v) is 13.1. The van der Waals surface area contributed by atoms with Gasteiger partial charge in [0.25, 0.3) is 0 Å². The number of β-amino-alcohol motifs (C(OH)–C–C–N with tert-alkyl or cyclic N) is 1. The predicted octanol–water partition coefficient (Wildman–Crippen LogP) is 3.73. The van der Waals surface area contributed by atoms with Crippen LogP contribution in [0, 0.1) is 17.8 Å². The third-order valence-corrected chi connectivity index (χ3v) is 18.4. The number of nitrogens with zero attached hydrogens (tertiary/aromatic N) is 2. The van der Waals surface area contributed by atoms with Crippen LogP contribution >= 0.6 is 35.1 Å². The molecule has 11 N–H and O–H groups in total. The summed E-state index contributed by atoms with van der Waals surface area (Å²) in [6.07, 6.45) is 1.82. The Morgan fingerprint density at radius 1 is 0.839 bits per heavy atom. The van der Waals surface area contributed by atoms with Crippen LogP contribution in [0.1, 0.15) is 109 Å². The molecule has 5 heterocycles. The molecule has 2 aromatic carbocycles. The number of carbonyl (C=O) groups is 9. The number of benzene rings is 2. The van der Waals surface area contributed by atoms with E-state index < -0.39 is 107 Å². The largest absolute Gasteiger partial charge is 0.391 e. The zero-order valence-electron chi connectivity index (χ0n) is 50.3. The van der Waals surface area contributed by atoms with Crippen molar-refractivity contribution in [3.63, 3.8) is 0 Å². The number of hydrogen-bond acceptors (Lipinski definition) is 14. The van der Waals surface area contributed by atoms with Gasteiger partial charge in [-0.15, -0.1) is 0 Å². The third-order valence-electron chi connectivity index (χ3n) is 16.0. The normalized spacial score (nSPS) is 22.8. The van der Waals surface area contributed by atoms with E-state index in [1.165, 1.54) is 28.4 Å². The maximum atomic E-state index is 15.0. The van der Waals surface area contributed by atoms with Crippen molar-refractivity contribution in [3.8, 4) is 0 Å². The van der Waals surface area contributed by atoms with Crippen molar-refractivity contribution >= 4 is 99.2 Å². The number of rotatable bonds is 18. The average molecular weight is 1260 g/mol. The van der Waals surface area contributed by atoms with E-state index in [9.17, 15) is 43.5 Å².